The van der Waals surface area contributed by atoms with E-state index in [-0.39, 0.29) is 22.6 Å². The number of carbonyl (C=O) groups is 1. The lowest BCUT2D eigenvalue weighted by Gasteiger charge is -2.18. The maximum Gasteiger partial charge on any atom is 0.230 e. The second-order valence-electron chi connectivity index (χ2n) is 6.06. The molecule has 2 rings (SSSR count). The van der Waals surface area contributed by atoms with Crippen LogP contribution in [-0.4, -0.2) is 26.3 Å². The summed E-state index contributed by atoms with van der Waals surface area (Å²) in [7, 11) is -3.23. The van der Waals surface area contributed by atoms with E-state index in [1.807, 2.05) is 6.92 Å². The fraction of sp³-hybridized carbons (Fsp3) is 0.316. The van der Waals surface area contributed by atoms with E-state index < -0.39 is 9.84 Å². The number of rotatable bonds is 8. The Balaban J connectivity index is 1.93. The van der Waals surface area contributed by atoms with Gasteiger partial charge in [-0.1, -0.05) is 48.3 Å². The number of sulfone groups is 1. The SMILES string of the molecule is CCC(NC(=O)CSCc1c(Cl)cccc1Cl)c1ccc(S(C)(=O)=O)cc1. The van der Waals surface area contributed by atoms with E-state index in [4.69, 9.17) is 23.2 Å². The quantitative estimate of drug-likeness (QED) is 0.627. The summed E-state index contributed by atoms with van der Waals surface area (Å²) in [4.78, 5) is 12.5. The van der Waals surface area contributed by atoms with Crippen molar-refractivity contribution >= 4 is 50.7 Å². The number of thioether (sulfide) groups is 1. The molecular formula is C19H21Cl2NO3S2. The van der Waals surface area contributed by atoms with Gasteiger partial charge in [0.1, 0.15) is 0 Å². The predicted octanol–water partition coefficient (Wildman–Crippen LogP) is 4.90. The zero-order valence-corrected chi connectivity index (χ0v) is 18.2. The van der Waals surface area contributed by atoms with E-state index in [0.29, 0.717) is 22.2 Å². The summed E-state index contributed by atoms with van der Waals surface area (Å²) < 4.78 is 23.1. The monoisotopic (exact) mass is 445 g/mol. The van der Waals surface area contributed by atoms with E-state index >= 15 is 0 Å². The van der Waals surface area contributed by atoms with E-state index in [1.54, 1.807) is 42.5 Å². The second kappa shape index (κ2) is 9.82. The molecule has 2 aromatic carbocycles. The number of carbonyl (C=O) groups excluding carboxylic acids is 1. The molecule has 0 radical (unpaired) electrons. The number of amides is 1. The number of hydrogen-bond acceptors (Lipinski definition) is 4. The Hall–Kier alpha value is -1.21. The molecule has 0 aromatic heterocycles. The van der Waals surface area contributed by atoms with Gasteiger partial charge in [-0.25, -0.2) is 8.42 Å². The van der Waals surface area contributed by atoms with Crippen molar-refractivity contribution in [2.75, 3.05) is 12.0 Å². The molecule has 1 atom stereocenters. The van der Waals surface area contributed by atoms with Crippen LogP contribution in [0.5, 0.6) is 0 Å². The Morgan fingerprint density at radius 1 is 1.11 bits per heavy atom. The molecule has 0 bridgehead atoms. The Bertz CT molecular complexity index is 879. The van der Waals surface area contributed by atoms with Gasteiger partial charge in [-0.3, -0.25) is 4.79 Å². The summed E-state index contributed by atoms with van der Waals surface area (Å²) in [5.74, 6) is 0.729. The van der Waals surface area contributed by atoms with Crippen molar-refractivity contribution in [1.82, 2.24) is 5.32 Å². The van der Waals surface area contributed by atoms with Crippen molar-refractivity contribution in [3.8, 4) is 0 Å². The van der Waals surface area contributed by atoms with Crippen LogP contribution in [0.3, 0.4) is 0 Å². The second-order valence-corrected chi connectivity index (χ2v) is 9.88. The normalized spacial score (nSPS) is 12.6. The lowest BCUT2D eigenvalue weighted by molar-refractivity contribution is -0.119. The molecule has 1 unspecified atom stereocenters. The number of hydrogen-bond donors (Lipinski definition) is 1. The summed E-state index contributed by atoms with van der Waals surface area (Å²) in [5, 5.41) is 4.16. The molecule has 2 aromatic rings. The lowest BCUT2D eigenvalue weighted by Crippen LogP contribution is -2.29. The van der Waals surface area contributed by atoms with Crippen molar-refractivity contribution in [1.29, 1.82) is 0 Å². The van der Waals surface area contributed by atoms with Gasteiger partial charge in [0, 0.05) is 22.1 Å². The Morgan fingerprint density at radius 3 is 2.22 bits per heavy atom. The van der Waals surface area contributed by atoms with Crippen molar-refractivity contribution in [3.05, 3.63) is 63.6 Å². The molecule has 0 aliphatic rings. The summed E-state index contributed by atoms with van der Waals surface area (Å²) in [5.41, 5.74) is 1.69. The Kier molecular flexibility index (Phi) is 8.04. The van der Waals surface area contributed by atoms with Crippen LogP contribution >= 0.6 is 35.0 Å². The molecule has 0 aliphatic heterocycles. The highest BCUT2D eigenvalue weighted by molar-refractivity contribution is 7.99. The topological polar surface area (TPSA) is 63.2 Å². The average Bonchev–Trinajstić information content (AvgIpc) is 2.61. The first-order valence-electron chi connectivity index (χ1n) is 8.32. The molecule has 27 heavy (non-hydrogen) atoms. The van der Waals surface area contributed by atoms with Crippen LogP contribution in [0, 0.1) is 0 Å². The van der Waals surface area contributed by atoms with E-state index in [9.17, 15) is 13.2 Å². The number of benzene rings is 2. The van der Waals surface area contributed by atoms with Crippen LogP contribution in [0.1, 0.15) is 30.5 Å². The van der Waals surface area contributed by atoms with Crippen molar-refractivity contribution in [3.63, 3.8) is 0 Å². The van der Waals surface area contributed by atoms with E-state index in [1.165, 1.54) is 18.0 Å². The molecule has 0 spiro atoms. The van der Waals surface area contributed by atoms with Crippen molar-refractivity contribution < 1.29 is 13.2 Å². The standard InChI is InChI=1S/C19H21Cl2NO3S2/c1-3-18(13-7-9-14(10-8-13)27(2,24)25)22-19(23)12-26-11-15-16(20)5-4-6-17(15)21/h4-10,18H,3,11-12H2,1-2H3,(H,22,23). The largest absolute Gasteiger partial charge is 0.349 e. The summed E-state index contributed by atoms with van der Waals surface area (Å²) >= 11 is 13.7. The fourth-order valence-corrected chi connectivity index (χ4v) is 4.73. The minimum absolute atomic E-state index is 0.0952. The van der Waals surface area contributed by atoms with Crippen LogP contribution in [0.2, 0.25) is 10.0 Å². The van der Waals surface area contributed by atoms with Gasteiger partial charge in [-0.2, -0.15) is 0 Å². The third-order valence-electron chi connectivity index (χ3n) is 4.00. The highest BCUT2D eigenvalue weighted by Crippen LogP contribution is 2.28. The minimum atomic E-state index is -3.23. The van der Waals surface area contributed by atoms with Gasteiger partial charge in [0.25, 0.3) is 0 Å². The maximum atomic E-state index is 12.3. The van der Waals surface area contributed by atoms with Gasteiger partial charge in [0.05, 0.1) is 16.7 Å². The zero-order chi connectivity index (χ0) is 20.0. The maximum absolute atomic E-state index is 12.3. The molecule has 0 heterocycles. The fourth-order valence-electron chi connectivity index (χ4n) is 2.52. The molecule has 8 heteroatoms. The average molecular weight is 446 g/mol. The van der Waals surface area contributed by atoms with Crippen LogP contribution in [0.15, 0.2) is 47.4 Å². The molecule has 146 valence electrons. The zero-order valence-electron chi connectivity index (χ0n) is 15.0. The van der Waals surface area contributed by atoms with Gasteiger partial charge in [0.2, 0.25) is 5.91 Å². The molecule has 4 nitrogen and oxygen atoms in total. The molecule has 0 fully saturated rings. The lowest BCUT2D eigenvalue weighted by atomic mass is 10.0. The Morgan fingerprint density at radius 2 is 1.70 bits per heavy atom. The third kappa shape index (κ3) is 6.42. The van der Waals surface area contributed by atoms with E-state index in [0.717, 1.165) is 11.1 Å². The minimum Gasteiger partial charge on any atom is -0.349 e. The van der Waals surface area contributed by atoms with Gasteiger partial charge < -0.3 is 5.32 Å². The predicted molar refractivity (Wildman–Crippen MR) is 113 cm³/mol. The highest BCUT2D eigenvalue weighted by Gasteiger charge is 2.15. The molecule has 0 saturated heterocycles. The molecule has 0 saturated carbocycles. The summed E-state index contributed by atoms with van der Waals surface area (Å²) in [6, 6.07) is 11.8. The molecule has 0 aliphatic carbocycles. The van der Waals surface area contributed by atoms with Gasteiger partial charge in [0.15, 0.2) is 9.84 Å². The summed E-state index contributed by atoms with van der Waals surface area (Å²) in [6.45, 7) is 1.96. The molecule has 1 amide bonds. The Labute approximate surface area is 174 Å². The van der Waals surface area contributed by atoms with E-state index in [2.05, 4.69) is 5.32 Å². The molecule has 1 N–H and O–H groups in total. The summed E-state index contributed by atoms with van der Waals surface area (Å²) in [6.07, 6.45) is 1.87. The van der Waals surface area contributed by atoms with Crippen LogP contribution in [0.4, 0.5) is 0 Å². The number of nitrogens with one attached hydrogen (secondary N) is 1. The highest BCUT2D eigenvalue weighted by atomic mass is 35.5. The van der Waals surface area contributed by atoms with Gasteiger partial charge in [-0.05, 0) is 41.8 Å². The van der Waals surface area contributed by atoms with Crippen LogP contribution < -0.4 is 5.32 Å². The number of halogens is 2. The first-order valence-corrected chi connectivity index (χ1v) is 12.1. The van der Waals surface area contributed by atoms with Crippen LogP contribution in [-0.2, 0) is 20.4 Å². The van der Waals surface area contributed by atoms with Crippen LogP contribution in [0.25, 0.3) is 0 Å². The smallest absolute Gasteiger partial charge is 0.230 e. The first kappa shape index (κ1) is 22.1. The third-order valence-corrected chi connectivity index (χ3v) is 6.79. The van der Waals surface area contributed by atoms with Gasteiger partial charge >= 0.3 is 0 Å². The van der Waals surface area contributed by atoms with Crippen molar-refractivity contribution in [2.45, 2.75) is 30.0 Å². The first-order chi connectivity index (χ1) is 12.7. The molecular weight excluding hydrogens is 425 g/mol. The van der Waals surface area contributed by atoms with Crippen molar-refractivity contribution in [2.24, 2.45) is 0 Å². The van der Waals surface area contributed by atoms with Gasteiger partial charge in [-0.15, -0.1) is 11.8 Å².